The summed E-state index contributed by atoms with van der Waals surface area (Å²) in [5, 5.41) is 13.9. The molecule has 1 aromatic carbocycles. The third-order valence-corrected chi connectivity index (χ3v) is 2.94. The van der Waals surface area contributed by atoms with Gasteiger partial charge in [-0.2, -0.15) is 0 Å². The maximum absolute atomic E-state index is 11.7. The molecule has 1 aromatic heterocycles. The zero-order valence-electron chi connectivity index (χ0n) is 8.48. The summed E-state index contributed by atoms with van der Waals surface area (Å²) in [7, 11) is 0. The number of hydrogen-bond acceptors (Lipinski definition) is 5. The van der Waals surface area contributed by atoms with Crippen LogP contribution in [0.25, 0.3) is 0 Å². The van der Waals surface area contributed by atoms with E-state index in [4.69, 9.17) is 17.3 Å². The second-order valence-corrected chi connectivity index (χ2v) is 4.49. The maximum Gasteiger partial charge on any atom is 0.275 e. The number of anilines is 2. The number of phenols is 1. The highest BCUT2D eigenvalue weighted by Crippen LogP contribution is 2.26. The van der Waals surface area contributed by atoms with E-state index < -0.39 is 0 Å². The van der Waals surface area contributed by atoms with Crippen molar-refractivity contribution in [1.82, 2.24) is 4.98 Å². The van der Waals surface area contributed by atoms with Crippen molar-refractivity contribution in [2.45, 2.75) is 0 Å². The van der Waals surface area contributed by atoms with Gasteiger partial charge in [0.2, 0.25) is 0 Å². The molecule has 1 heterocycles. The van der Waals surface area contributed by atoms with Gasteiger partial charge in [-0.3, -0.25) is 4.79 Å². The van der Waals surface area contributed by atoms with Crippen LogP contribution in [-0.4, -0.2) is 16.0 Å². The molecule has 0 unspecified atom stereocenters. The third kappa shape index (κ3) is 2.66. The molecule has 2 rings (SSSR count). The molecule has 2 aromatic rings. The number of benzene rings is 1. The Morgan fingerprint density at radius 2 is 2.29 bits per heavy atom. The molecule has 17 heavy (non-hydrogen) atoms. The molecule has 0 spiro atoms. The van der Waals surface area contributed by atoms with E-state index in [1.54, 1.807) is 5.38 Å². The molecular weight excluding hydrogens is 262 g/mol. The second-order valence-electron chi connectivity index (χ2n) is 3.19. The third-order valence-electron chi connectivity index (χ3n) is 1.96. The summed E-state index contributed by atoms with van der Waals surface area (Å²) in [6, 6.07) is 4.38. The topological polar surface area (TPSA) is 88.2 Å². The van der Waals surface area contributed by atoms with Gasteiger partial charge in [-0.25, -0.2) is 4.98 Å². The van der Waals surface area contributed by atoms with Crippen LogP contribution in [0.4, 0.5) is 10.8 Å². The monoisotopic (exact) mass is 269 g/mol. The molecule has 0 saturated heterocycles. The van der Waals surface area contributed by atoms with E-state index >= 15 is 0 Å². The molecule has 88 valence electrons. The molecule has 0 aliphatic carbocycles. The molecule has 7 heteroatoms. The van der Waals surface area contributed by atoms with Crippen molar-refractivity contribution in [2.24, 2.45) is 0 Å². The van der Waals surface area contributed by atoms with Gasteiger partial charge in [0.15, 0.2) is 5.13 Å². The Balaban J connectivity index is 2.15. The lowest BCUT2D eigenvalue weighted by atomic mass is 10.3. The molecular formula is C10H8ClN3O2S. The average Bonchev–Trinajstić information content (AvgIpc) is 2.70. The SMILES string of the molecule is Nc1nc(C(=O)Nc2ccc(O)c(Cl)c2)cs1. The van der Waals surface area contributed by atoms with Crippen LogP contribution < -0.4 is 11.1 Å². The van der Waals surface area contributed by atoms with Gasteiger partial charge in [-0.15, -0.1) is 11.3 Å². The fourth-order valence-electron chi connectivity index (χ4n) is 1.17. The van der Waals surface area contributed by atoms with Crippen molar-refractivity contribution >= 4 is 39.7 Å². The predicted molar refractivity (Wildman–Crippen MR) is 67.6 cm³/mol. The molecule has 5 nitrogen and oxygen atoms in total. The zero-order valence-corrected chi connectivity index (χ0v) is 10.0. The van der Waals surface area contributed by atoms with Gasteiger partial charge in [0.25, 0.3) is 5.91 Å². The van der Waals surface area contributed by atoms with Crippen LogP contribution in [0, 0.1) is 0 Å². The average molecular weight is 270 g/mol. The van der Waals surface area contributed by atoms with Gasteiger partial charge in [-0.1, -0.05) is 11.6 Å². The van der Waals surface area contributed by atoms with E-state index in [0.717, 1.165) is 0 Å². The predicted octanol–water partition coefficient (Wildman–Crippen LogP) is 2.34. The number of nitrogens with two attached hydrogens (primary N) is 1. The minimum Gasteiger partial charge on any atom is -0.506 e. The molecule has 1 amide bonds. The number of nitrogens with zero attached hydrogens (tertiary/aromatic N) is 1. The maximum atomic E-state index is 11.7. The van der Waals surface area contributed by atoms with E-state index in [1.807, 2.05) is 0 Å². The van der Waals surface area contributed by atoms with Crippen LogP contribution in [-0.2, 0) is 0 Å². The number of halogens is 1. The number of rotatable bonds is 2. The summed E-state index contributed by atoms with van der Waals surface area (Å²) in [5.74, 6) is -0.415. The van der Waals surface area contributed by atoms with Crippen LogP contribution in [0.15, 0.2) is 23.6 Å². The van der Waals surface area contributed by atoms with Crippen molar-refractivity contribution in [2.75, 3.05) is 11.1 Å². The summed E-state index contributed by atoms with van der Waals surface area (Å²) in [6.45, 7) is 0. The largest absolute Gasteiger partial charge is 0.506 e. The number of amides is 1. The molecule has 0 saturated carbocycles. The first-order valence-corrected chi connectivity index (χ1v) is 5.83. The van der Waals surface area contributed by atoms with E-state index in [9.17, 15) is 9.90 Å². The number of hydrogen-bond donors (Lipinski definition) is 3. The van der Waals surface area contributed by atoms with Crippen LogP contribution in [0.1, 0.15) is 10.5 Å². The van der Waals surface area contributed by atoms with Gasteiger partial charge >= 0.3 is 0 Å². The number of thiazole rings is 1. The number of aromatic nitrogens is 1. The van der Waals surface area contributed by atoms with Crippen LogP contribution in [0.3, 0.4) is 0 Å². The lowest BCUT2D eigenvalue weighted by Gasteiger charge is -2.04. The molecule has 0 bridgehead atoms. The number of nitrogens with one attached hydrogen (secondary N) is 1. The van der Waals surface area contributed by atoms with Crippen molar-refractivity contribution < 1.29 is 9.90 Å². The molecule has 0 aliphatic rings. The summed E-state index contributed by atoms with van der Waals surface area (Å²) in [5.41, 5.74) is 6.15. The first kappa shape index (κ1) is 11.7. The first-order chi connectivity index (χ1) is 8.06. The quantitative estimate of drug-likeness (QED) is 0.730. The fourth-order valence-corrected chi connectivity index (χ4v) is 1.90. The Labute approximate surface area is 106 Å². The van der Waals surface area contributed by atoms with Gasteiger partial charge in [-0.05, 0) is 18.2 Å². The Morgan fingerprint density at radius 3 is 2.88 bits per heavy atom. The number of carbonyl (C=O) groups excluding carboxylic acids is 1. The molecule has 0 aliphatic heterocycles. The van der Waals surface area contributed by atoms with Crippen molar-refractivity contribution in [3.63, 3.8) is 0 Å². The normalized spacial score (nSPS) is 10.2. The van der Waals surface area contributed by atoms with Crippen LogP contribution >= 0.6 is 22.9 Å². The Hall–Kier alpha value is -1.79. The molecule has 0 fully saturated rings. The Morgan fingerprint density at radius 1 is 1.53 bits per heavy atom. The van der Waals surface area contributed by atoms with Crippen LogP contribution in [0.2, 0.25) is 5.02 Å². The molecule has 0 radical (unpaired) electrons. The fraction of sp³-hybridized carbons (Fsp3) is 0. The van der Waals surface area contributed by atoms with E-state index in [1.165, 1.54) is 29.5 Å². The highest BCUT2D eigenvalue weighted by Gasteiger charge is 2.10. The van der Waals surface area contributed by atoms with Crippen molar-refractivity contribution in [3.05, 3.63) is 34.3 Å². The van der Waals surface area contributed by atoms with Crippen LogP contribution in [0.5, 0.6) is 5.75 Å². The highest BCUT2D eigenvalue weighted by atomic mass is 35.5. The lowest BCUT2D eigenvalue weighted by molar-refractivity contribution is 0.102. The first-order valence-electron chi connectivity index (χ1n) is 4.57. The van der Waals surface area contributed by atoms with Gasteiger partial charge in [0, 0.05) is 11.1 Å². The number of carbonyl (C=O) groups is 1. The standard InChI is InChI=1S/C10H8ClN3O2S/c11-6-3-5(1-2-8(6)15)13-9(16)7-4-17-10(12)14-7/h1-4,15H,(H2,12,14)(H,13,16). The summed E-state index contributed by atoms with van der Waals surface area (Å²) < 4.78 is 0. The second kappa shape index (κ2) is 4.60. The van der Waals surface area contributed by atoms with Gasteiger partial charge < -0.3 is 16.2 Å². The van der Waals surface area contributed by atoms with E-state index in [2.05, 4.69) is 10.3 Å². The summed E-state index contributed by atoms with van der Waals surface area (Å²) in [4.78, 5) is 15.5. The number of phenolic OH excluding ortho intramolecular Hbond substituents is 1. The highest BCUT2D eigenvalue weighted by molar-refractivity contribution is 7.13. The van der Waals surface area contributed by atoms with E-state index in [-0.39, 0.29) is 22.4 Å². The van der Waals surface area contributed by atoms with Crippen molar-refractivity contribution in [1.29, 1.82) is 0 Å². The zero-order chi connectivity index (χ0) is 12.4. The van der Waals surface area contributed by atoms with E-state index in [0.29, 0.717) is 10.8 Å². The summed E-state index contributed by atoms with van der Waals surface area (Å²) in [6.07, 6.45) is 0. The lowest BCUT2D eigenvalue weighted by Crippen LogP contribution is -2.12. The van der Waals surface area contributed by atoms with Gasteiger partial charge in [0.05, 0.1) is 5.02 Å². The minimum atomic E-state index is -0.375. The number of aromatic hydroxyl groups is 1. The summed E-state index contributed by atoms with van der Waals surface area (Å²) >= 11 is 6.90. The Kier molecular flexibility index (Phi) is 3.16. The smallest absolute Gasteiger partial charge is 0.275 e. The van der Waals surface area contributed by atoms with Gasteiger partial charge in [0.1, 0.15) is 11.4 Å². The molecule has 0 atom stereocenters. The Bertz CT molecular complexity index is 570. The molecule has 4 N–H and O–H groups in total. The van der Waals surface area contributed by atoms with Crippen molar-refractivity contribution in [3.8, 4) is 5.75 Å². The number of nitrogen functional groups attached to an aromatic ring is 1. The minimum absolute atomic E-state index is 0.0393.